The number of rotatable bonds is 6. The Morgan fingerprint density at radius 1 is 1.16 bits per heavy atom. The third kappa shape index (κ3) is 4.67. The number of halogens is 1. The van der Waals surface area contributed by atoms with Gasteiger partial charge in [0.2, 0.25) is 10.0 Å². The number of methoxy groups -OCH3 is 1. The Morgan fingerprint density at radius 3 is 2.74 bits per heavy atom. The summed E-state index contributed by atoms with van der Waals surface area (Å²) in [5.74, 6) is 0.181. The Bertz CT molecular complexity index is 1140. The Labute approximate surface area is 181 Å². The molecule has 1 aromatic carbocycles. The van der Waals surface area contributed by atoms with Crippen LogP contribution in [0.15, 0.2) is 65.8 Å². The number of benzene rings is 1. The fraction of sp³-hybridized carbons (Fsp3) is 0.273. The van der Waals surface area contributed by atoms with E-state index < -0.39 is 15.8 Å². The Kier molecular flexibility index (Phi) is 6.15. The fourth-order valence-corrected chi connectivity index (χ4v) is 5.39. The van der Waals surface area contributed by atoms with Crippen LogP contribution in [0.5, 0.6) is 5.75 Å². The number of hydrogen-bond acceptors (Lipinski definition) is 6. The Hall–Kier alpha value is -3.04. The zero-order valence-corrected chi connectivity index (χ0v) is 17.8. The molecule has 7 nitrogen and oxygen atoms in total. The van der Waals surface area contributed by atoms with Gasteiger partial charge in [-0.15, -0.1) is 0 Å². The van der Waals surface area contributed by atoms with Crippen molar-refractivity contribution in [3.8, 4) is 5.75 Å². The van der Waals surface area contributed by atoms with E-state index in [1.165, 1.54) is 23.5 Å². The van der Waals surface area contributed by atoms with Crippen molar-refractivity contribution in [2.24, 2.45) is 0 Å². The number of piperidine rings is 1. The van der Waals surface area contributed by atoms with Gasteiger partial charge in [-0.05, 0) is 55.3 Å². The lowest BCUT2D eigenvalue weighted by Gasteiger charge is -2.32. The minimum absolute atomic E-state index is 0.0491. The van der Waals surface area contributed by atoms with Crippen molar-refractivity contribution >= 4 is 21.5 Å². The molecule has 1 aliphatic heterocycles. The van der Waals surface area contributed by atoms with E-state index in [2.05, 4.69) is 15.3 Å². The van der Waals surface area contributed by atoms with Gasteiger partial charge >= 0.3 is 0 Å². The molecular formula is C22H23FN4O3S. The van der Waals surface area contributed by atoms with Gasteiger partial charge in [0, 0.05) is 30.9 Å². The molecule has 1 N–H and O–H groups in total. The molecule has 162 valence electrons. The van der Waals surface area contributed by atoms with Crippen LogP contribution in [0.2, 0.25) is 0 Å². The minimum atomic E-state index is -3.90. The predicted molar refractivity (Wildman–Crippen MR) is 115 cm³/mol. The molecule has 1 aliphatic rings. The molecule has 3 aromatic rings. The summed E-state index contributed by atoms with van der Waals surface area (Å²) in [6.07, 6.45) is 4.94. The van der Waals surface area contributed by atoms with Crippen molar-refractivity contribution in [3.63, 3.8) is 0 Å². The van der Waals surface area contributed by atoms with E-state index in [0.29, 0.717) is 13.0 Å². The first-order valence-electron chi connectivity index (χ1n) is 9.95. The second-order valence-electron chi connectivity index (χ2n) is 7.31. The van der Waals surface area contributed by atoms with Crippen molar-refractivity contribution in [2.45, 2.75) is 23.7 Å². The Balaban J connectivity index is 1.51. The van der Waals surface area contributed by atoms with E-state index >= 15 is 0 Å². The smallest absolute Gasteiger partial charge is 0.246 e. The highest BCUT2D eigenvalue weighted by Crippen LogP contribution is 2.33. The highest BCUT2D eigenvalue weighted by atomic mass is 32.2. The van der Waals surface area contributed by atoms with E-state index in [4.69, 9.17) is 4.74 Å². The predicted octanol–water partition coefficient (Wildman–Crippen LogP) is 3.94. The first-order valence-corrected chi connectivity index (χ1v) is 11.4. The average molecular weight is 443 g/mol. The van der Waals surface area contributed by atoms with Gasteiger partial charge in [0.05, 0.1) is 19.0 Å². The average Bonchev–Trinajstić information content (AvgIpc) is 2.80. The van der Waals surface area contributed by atoms with E-state index in [-0.39, 0.29) is 23.1 Å². The van der Waals surface area contributed by atoms with Crippen molar-refractivity contribution in [2.75, 3.05) is 25.5 Å². The summed E-state index contributed by atoms with van der Waals surface area (Å²) in [7, 11) is -2.53. The molecule has 0 bridgehead atoms. The van der Waals surface area contributed by atoms with Crippen molar-refractivity contribution in [3.05, 3.63) is 72.4 Å². The van der Waals surface area contributed by atoms with E-state index in [9.17, 15) is 12.8 Å². The highest BCUT2D eigenvalue weighted by Gasteiger charge is 2.33. The molecule has 9 heteroatoms. The third-order valence-electron chi connectivity index (χ3n) is 5.27. The van der Waals surface area contributed by atoms with Crippen molar-refractivity contribution in [1.29, 1.82) is 0 Å². The van der Waals surface area contributed by atoms with Crippen LogP contribution >= 0.6 is 0 Å². The molecule has 3 heterocycles. The van der Waals surface area contributed by atoms with Crippen LogP contribution in [-0.2, 0) is 10.0 Å². The summed E-state index contributed by atoms with van der Waals surface area (Å²) in [5.41, 5.74) is 1.62. The van der Waals surface area contributed by atoms with Gasteiger partial charge in [0.25, 0.3) is 0 Å². The van der Waals surface area contributed by atoms with Gasteiger partial charge in [-0.3, -0.25) is 4.98 Å². The lowest BCUT2D eigenvalue weighted by Crippen LogP contribution is -2.39. The summed E-state index contributed by atoms with van der Waals surface area (Å²) >= 11 is 0. The van der Waals surface area contributed by atoms with Gasteiger partial charge in [-0.25, -0.2) is 17.8 Å². The highest BCUT2D eigenvalue weighted by molar-refractivity contribution is 7.89. The van der Waals surface area contributed by atoms with Crippen LogP contribution < -0.4 is 10.1 Å². The fourth-order valence-electron chi connectivity index (χ4n) is 3.70. The molecule has 0 aliphatic carbocycles. The number of aromatic nitrogens is 2. The van der Waals surface area contributed by atoms with Crippen LogP contribution in [0.1, 0.15) is 24.5 Å². The topological polar surface area (TPSA) is 84.4 Å². The van der Waals surface area contributed by atoms with Crippen LogP contribution in [0.3, 0.4) is 0 Å². The quantitative estimate of drug-likeness (QED) is 0.623. The molecule has 0 radical (unpaired) electrons. The summed E-state index contributed by atoms with van der Waals surface area (Å²) in [4.78, 5) is 8.61. The van der Waals surface area contributed by atoms with E-state index in [0.717, 1.165) is 29.7 Å². The van der Waals surface area contributed by atoms with Crippen LogP contribution in [0.4, 0.5) is 15.9 Å². The summed E-state index contributed by atoms with van der Waals surface area (Å²) < 4.78 is 46.7. The largest absolute Gasteiger partial charge is 0.495 e. The molecule has 1 saturated heterocycles. The number of ether oxygens (including phenoxy) is 1. The summed E-state index contributed by atoms with van der Waals surface area (Å²) in [6.45, 7) is 0.653. The summed E-state index contributed by atoms with van der Waals surface area (Å²) in [5, 5.41) is 3.18. The molecule has 0 saturated carbocycles. The lowest BCUT2D eigenvalue weighted by atomic mass is 9.95. The second kappa shape index (κ2) is 8.99. The molecule has 0 amide bonds. The van der Waals surface area contributed by atoms with E-state index in [1.54, 1.807) is 12.4 Å². The lowest BCUT2D eigenvalue weighted by molar-refractivity contribution is 0.310. The maximum atomic E-state index is 13.8. The number of nitrogens with zero attached hydrogens (tertiary/aromatic N) is 3. The maximum Gasteiger partial charge on any atom is 0.246 e. The van der Waals surface area contributed by atoms with Crippen molar-refractivity contribution < 1.29 is 17.5 Å². The molecule has 2 aromatic heterocycles. The third-order valence-corrected chi connectivity index (χ3v) is 7.16. The number of nitrogens with one attached hydrogen (secondary N) is 1. The second-order valence-corrected chi connectivity index (χ2v) is 9.22. The maximum absolute atomic E-state index is 13.8. The molecule has 0 spiro atoms. The number of sulfonamides is 1. The SMILES string of the molecule is COc1ccc(F)cc1S(=O)(=O)N1CCC[C@H](c2ccc(Nc3ccccn3)cn2)C1. The van der Waals surface area contributed by atoms with Gasteiger partial charge in [-0.2, -0.15) is 4.31 Å². The van der Waals surface area contributed by atoms with Crippen LogP contribution in [0.25, 0.3) is 0 Å². The van der Waals surface area contributed by atoms with Gasteiger partial charge in [0.1, 0.15) is 22.3 Å². The Morgan fingerprint density at radius 2 is 2.03 bits per heavy atom. The minimum Gasteiger partial charge on any atom is -0.495 e. The molecule has 31 heavy (non-hydrogen) atoms. The molecule has 0 unspecified atom stereocenters. The number of anilines is 2. The zero-order valence-electron chi connectivity index (χ0n) is 17.0. The normalized spacial score (nSPS) is 17.3. The van der Waals surface area contributed by atoms with E-state index in [1.807, 2.05) is 30.3 Å². The number of hydrogen-bond donors (Lipinski definition) is 1. The molecular weight excluding hydrogens is 419 g/mol. The molecule has 4 rings (SSSR count). The molecule has 1 fully saturated rings. The first-order chi connectivity index (χ1) is 15.0. The van der Waals surface area contributed by atoms with Crippen LogP contribution in [0, 0.1) is 5.82 Å². The van der Waals surface area contributed by atoms with Crippen molar-refractivity contribution in [1.82, 2.24) is 14.3 Å². The monoisotopic (exact) mass is 442 g/mol. The standard InChI is InChI=1S/C22H23FN4O3S/c1-30-20-10-7-17(23)13-21(20)31(28,29)27-12-4-5-16(15-27)19-9-8-18(14-25-19)26-22-6-2-3-11-24-22/h2-3,6-11,13-14,16H,4-5,12,15H2,1H3,(H,24,26)/t16-/m0/s1. The van der Waals surface area contributed by atoms with Gasteiger partial charge < -0.3 is 10.1 Å². The van der Waals surface area contributed by atoms with Gasteiger partial charge in [-0.1, -0.05) is 6.07 Å². The zero-order chi connectivity index (χ0) is 21.8. The number of pyridine rings is 2. The first kappa shape index (κ1) is 21.2. The van der Waals surface area contributed by atoms with Crippen LogP contribution in [-0.4, -0.2) is 42.9 Å². The molecule has 1 atom stereocenters. The van der Waals surface area contributed by atoms with Gasteiger partial charge in [0.15, 0.2) is 0 Å². The summed E-state index contributed by atoms with van der Waals surface area (Å²) in [6, 6.07) is 12.9.